The van der Waals surface area contributed by atoms with E-state index in [9.17, 15) is 14.9 Å². The molecule has 0 aliphatic carbocycles. The van der Waals surface area contributed by atoms with E-state index in [-0.39, 0.29) is 30.1 Å². The van der Waals surface area contributed by atoms with Crippen LogP contribution in [-0.2, 0) is 11.3 Å². The minimum Gasteiger partial charge on any atom is -0.375 e. The molecule has 9 heteroatoms. The Morgan fingerprint density at radius 2 is 2.08 bits per heavy atom. The van der Waals surface area contributed by atoms with Gasteiger partial charge in [-0.3, -0.25) is 25.6 Å². The normalized spacial score (nSPS) is 10.3. The first-order valence-corrected chi connectivity index (χ1v) is 7.67. The number of carbonyl (C=O) groups excluding carboxylic acids is 1. The average molecular weight is 366 g/mol. The van der Waals surface area contributed by atoms with Crippen molar-refractivity contribution < 1.29 is 19.7 Å². The van der Waals surface area contributed by atoms with Gasteiger partial charge in [0.25, 0.3) is 11.6 Å². The van der Waals surface area contributed by atoms with Crippen LogP contribution in [0.4, 0.5) is 11.4 Å². The van der Waals surface area contributed by atoms with Crippen LogP contribution in [0.25, 0.3) is 0 Å². The second-order valence-corrected chi connectivity index (χ2v) is 5.51. The van der Waals surface area contributed by atoms with Gasteiger partial charge < -0.3 is 10.1 Å². The average Bonchev–Trinajstić information content (AvgIpc) is 2.60. The lowest BCUT2D eigenvalue weighted by Gasteiger charge is -2.08. The summed E-state index contributed by atoms with van der Waals surface area (Å²) in [6.45, 7) is 0.841. The number of ether oxygens (including phenoxy) is 1. The van der Waals surface area contributed by atoms with E-state index < -0.39 is 10.8 Å². The lowest BCUT2D eigenvalue weighted by molar-refractivity contribution is -0.384. The predicted octanol–water partition coefficient (Wildman–Crippen LogP) is 3.00. The number of nitrogens with one attached hydrogen (secondary N) is 2. The van der Waals surface area contributed by atoms with Crippen molar-refractivity contribution in [3.8, 4) is 0 Å². The number of non-ortho nitro benzene ring substituents is 1. The molecule has 0 atom stereocenters. The predicted molar refractivity (Wildman–Crippen MR) is 91.9 cm³/mol. The summed E-state index contributed by atoms with van der Waals surface area (Å²) in [5, 5.41) is 22.9. The van der Waals surface area contributed by atoms with Gasteiger partial charge in [-0.1, -0.05) is 23.7 Å². The van der Waals surface area contributed by atoms with Crippen LogP contribution in [0.3, 0.4) is 0 Å². The van der Waals surface area contributed by atoms with Gasteiger partial charge in [-0.2, -0.15) is 0 Å². The third kappa shape index (κ3) is 5.71. The summed E-state index contributed by atoms with van der Waals surface area (Å²) >= 11 is 5.87. The van der Waals surface area contributed by atoms with Crippen LogP contribution in [0.5, 0.6) is 0 Å². The Kier molecular flexibility index (Phi) is 6.70. The van der Waals surface area contributed by atoms with Gasteiger partial charge in [-0.05, 0) is 23.8 Å². The van der Waals surface area contributed by atoms with Crippen molar-refractivity contribution in [1.82, 2.24) is 5.32 Å². The highest BCUT2D eigenvalue weighted by Gasteiger charge is 2.14. The molecule has 0 aromatic heterocycles. The third-order valence-electron chi connectivity index (χ3n) is 3.21. The van der Waals surface area contributed by atoms with E-state index in [1.807, 2.05) is 12.1 Å². The van der Waals surface area contributed by atoms with E-state index in [1.165, 1.54) is 6.07 Å². The lowest BCUT2D eigenvalue weighted by Crippen LogP contribution is -2.27. The molecule has 1 amide bonds. The van der Waals surface area contributed by atoms with Gasteiger partial charge in [0.15, 0.2) is 0 Å². The molecule has 0 fully saturated rings. The van der Waals surface area contributed by atoms with Crippen molar-refractivity contribution in [3.05, 3.63) is 68.7 Å². The van der Waals surface area contributed by atoms with Crippen molar-refractivity contribution >= 4 is 28.9 Å². The van der Waals surface area contributed by atoms with Crippen LogP contribution in [0.1, 0.15) is 15.9 Å². The zero-order valence-corrected chi connectivity index (χ0v) is 13.8. The fraction of sp³-hybridized carbons (Fsp3) is 0.188. The number of halogens is 1. The number of nitro groups is 1. The maximum absolute atomic E-state index is 12.0. The smallest absolute Gasteiger partial charge is 0.272 e. The molecule has 0 aliphatic heterocycles. The number of nitrogens with zero attached hydrogens (tertiary/aromatic N) is 1. The number of nitro benzene ring substituents is 1. The number of hydrogen-bond donors (Lipinski definition) is 3. The number of amides is 1. The van der Waals surface area contributed by atoms with Crippen molar-refractivity contribution in [2.24, 2.45) is 0 Å². The van der Waals surface area contributed by atoms with E-state index in [4.69, 9.17) is 21.5 Å². The molecule has 132 valence electrons. The highest BCUT2D eigenvalue weighted by Crippen LogP contribution is 2.20. The van der Waals surface area contributed by atoms with Gasteiger partial charge in [-0.25, -0.2) is 0 Å². The minimum atomic E-state index is -0.647. The molecule has 0 saturated heterocycles. The fourth-order valence-corrected chi connectivity index (χ4v) is 2.28. The first-order chi connectivity index (χ1) is 12.0. The molecule has 0 aliphatic rings. The Labute approximate surface area is 148 Å². The van der Waals surface area contributed by atoms with Crippen molar-refractivity contribution in [2.75, 3.05) is 18.6 Å². The van der Waals surface area contributed by atoms with Crippen molar-refractivity contribution in [2.45, 2.75) is 6.61 Å². The summed E-state index contributed by atoms with van der Waals surface area (Å²) in [4.78, 5) is 22.2. The van der Waals surface area contributed by atoms with Crippen LogP contribution in [0, 0.1) is 10.1 Å². The zero-order valence-electron chi connectivity index (χ0n) is 13.1. The second kappa shape index (κ2) is 8.97. The van der Waals surface area contributed by atoms with Gasteiger partial charge in [0, 0.05) is 29.3 Å². The molecule has 0 radical (unpaired) electrons. The number of anilines is 1. The van der Waals surface area contributed by atoms with Gasteiger partial charge in [0.05, 0.1) is 23.8 Å². The summed E-state index contributed by atoms with van der Waals surface area (Å²) in [7, 11) is 0. The van der Waals surface area contributed by atoms with Crippen LogP contribution in [0.2, 0.25) is 5.02 Å². The van der Waals surface area contributed by atoms with Crippen LogP contribution in [-0.4, -0.2) is 29.2 Å². The van der Waals surface area contributed by atoms with Crippen LogP contribution >= 0.6 is 11.6 Å². The SMILES string of the molecule is O=C(NCCOCc1cccc(Cl)c1)c1cc(NO)cc([N+](=O)[O-])c1. The topological polar surface area (TPSA) is 114 Å². The Bertz CT molecular complexity index is 769. The monoisotopic (exact) mass is 365 g/mol. The minimum absolute atomic E-state index is 0.0524. The molecular weight excluding hydrogens is 350 g/mol. The van der Waals surface area contributed by atoms with Crippen LogP contribution in [0.15, 0.2) is 42.5 Å². The van der Waals surface area contributed by atoms with E-state index in [1.54, 1.807) is 17.6 Å². The summed E-state index contributed by atoms with van der Waals surface area (Å²) < 4.78 is 5.43. The molecule has 0 unspecified atom stereocenters. The maximum Gasteiger partial charge on any atom is 0.272 e. The fourth-order valence-electron chi connectivity index (χ4n) is 2.07. The Balaban J connectivity index is 1.84. The highest BCUT2D eigenvalue weighted by atomic mass is 35.5. The molecule has 2 aromatic rings. The number of hydrogen-bond acceptors (Lipinski definition) is 6. The molecule has 0 saturated carbocycles. The molecule has 2 rings (SSSR count). The van der Waals surface area contributed by atoms with Gasteiger partial charge in [0.1, 0.15) is 0 Å². The third-order valence-corrected chi connectivity index (χ3v) is 3.44. The standard InChI is InChI=1S/C16H16ClN3O5/c17-13-3-1-2-11(6-13)10-25-5-4-18-16(21)12-7-14(19-22)9-15(8-12)20(23)24/h1-3,6-9,19,22H,4-5,10H2,(H,18,21). The van der Waals surface area contributed by atoms with E-state index in [0.29, 0.717) is 11.6 Å². The molecule has 8 nitrogen and oxygen atoms in total. The summed E-state index contributed by atoms with van der Waals surface area (Å²) in [5.41, 5.74) is 2.51. The van der Waals surface area contributed by atoms with Gasteiger partial charge in [0.2, 0.25) is 0 Å². The van der Waals surface area contributed by atoms with Gasteiger partial charge in [-0.15, -0.1) is 0 Å². The molecule has 0 spiro atoms. The highest BCUT2D eigenvalue weighted by molar-refractivity contribution is 6.30. The molecule has 0 bridgehead atoms. The maximum atomic E-state index is 12.0. The van der Waals surface area contributed by atoms with E-state index in [2.05, 4.69) is 5.32 Å². The summed E-state index contributed by atoms with van der Waals surface area (Å²) in [5.74, 6) is -0.508. The first kappa shape index (κ1) is 18.7. The van der Waals surface area contributed by atoms with Crippen molar-refractivity contribution in [3.63, 3.8) is 0 Å². The molecule has 25 heavy (non-hydrogen) atoms. The number of benzene rings is 2. The first-order valence-electron chi connectivity index (χ1n) is 7.29. The molecule has 2 aromatic carbocycles. The molecular formula is C16H16ClN3O5. The number of carbonyl (C=O) groups is 1. The summed E-state index contributed by atoms with van der Waals surface area (Å²) in [6.07, 6.45) is 0. The second-order valence-electron chi connectivity index (χ2n) is 5.08. The molecule has 3 N–H and O–H groups in total. The Morgan fingerprint density at radius 3 is 2.76 bits per heavy atom. The largest absolute Gasteiger partial charge is 0.375 e. The lowest BCUT2D eigenvalue weighted by atomic mass is 10.1. The van der Waals surface area contributed by atoms with Crippen LogP contribution < -0.4 is 10.8 Å². The number of rotatable bonds is 8. The van der Waals surface area contributed by atoms with E-state index >= 15 is 0 Å². The Hall–Kier alpha value is -2.68. The van der Waals surface area contributed by atoms with Crippen molar-refractivity contribution in [1.29, 1.82) is 0 Å². The van der Waals surface area contributed by atoms with E-state index in [0.717, 1.165) is 17.7 Å². The summed E-state index contributed by atoms with van der Waals surface area (Å²) in [6, 6.07) is 10.8. The quantitative estimate of drug-likeness (QED) is 0.376. The van der Waals surface area contributed by atoms with Gasteiger partial charge >= 0.3 is 0 Å². The Morgan fingerprint density at radius 1 is 1.28 bits per heavy atom. The molecule has 0 heterocycles. The zero-order chi connectivity index (χ0) is 18.2.